The van der Waals surface area contributed by atoms with Crippen LogP contribution in [0.5, 0.6) is 5.75 Å². The zero-order valence-electron chi connectivity index (χ0n) is 10.9. The maximum atomic E-state index is 13.9. The van der Waals surface area contributed by atoms with Crippen LogP contribution in [0.3, 0.4) is 0 Å². The fourth-order valence-electron chi connectivity index (χ4n) is 1.82. The largest absolute Gasteiger partial charge is 0.497 e. The molecule has 0 aliphatic carbocycles. The van der Waals surface area contributed by atoms with E-state index in [0.29, 0.717) is 11.3 Å². The molecule has 0 aliphatic rings. The first kappa shape index (κ1) is 15.5. The van der Waals surface area contributed by atoms with Crippen molar-refractivity contribution in [1.82, 2.24) is 0 Å². The summed E-state index contributed by atoms with van der Waals surface area (Å²) >= 11 is 0. The average molecular weight is 282 g/mol. The van der Waals surface area contributed by atoms with Crippen molar-refractivity contribution in [2.45, 2.75) is 13.0 Å². The van der Waals surface area contributed by atoms with E-state index in [1.807, 2.05) is 31.2 Å². The second kappa shape index (κ2) is 6.55. The van der Waals surface area contributed by atoms with Crippen molar-refractivity contribution in [1.29, 1.82) is 0 Å². The van der Waals surface area contributed by atoms with Crippen molar-refractivity contribution in [2.75, 3.05) is 7.11 Å². The fraction of sp³-hybridized carbons (Fsp3) is 0.200. The maximum absolute atomic E-state index is 13.9. The van der Waals surface area contributed by atoms with Crippen LogP contribution in [0.15, 0.2) is 42.5 Å². The standard InChI is InChI=1S/C15H16FNO.ClH/c1-10(17)11-3-5-12(6-4-11)14-8-7-13(18-2)9-15(14)16;/h3-10H,17H2,1-2H3;1H. The molecule has 0 amide bonds. The van der Waals surface area contributed by atoms with Crippen LogP contribution in [0, 0.1) is 5.82 Å². The molecule has 2 rings (SSSR count). The predicted molar refractivity (Wildman–Crippen MR) is 78.2 cm³/mol. The molecule has 19 heavy (non-hydrogen) atoms. The van der Waals surface area contributed by atoms with Gasteiger partial charge < -0.3 is 10.5 Å². The van der Waals surface area contributed by atoms with Crippen LogP contribution < -0.4 is 10.5 Å². The van der Waals surface area contributed by atoms with Crippen LogP contribution in [0.2, 0.25) is 0 Å². The molecule has 1 unspecified atom stereocenters. The summed E-state index contributed by atoms with van der Waals surface area (Å²) in [6, 6.07) is 12.4. The van der Waals surface area contributed by atoms with E-state index >= 15 is 0 Å². The zero-order valence-corrected chi connectivity index (χ0v) is 11.7. The van der Waals surface area contributed by atoms with E-state index in [0.717, 1.165) is 11.1 Å². The Bertz CT molecular complexity index is 540. The van der Waals surface area contributed by atoms with Crippen molar-refractivity contribution in [2.24, 2.45) is 5.73 Å². The van der Waals surface area contributed by atoms with E-state index in [2.05, 4.69) is 0 Å². The lowest BCUT2D eigenvalue weighted by Crippen LogP contribution is -2.04. The number of hydrogen-bond donors (Lipinski definition) is 1. The number of rotatable bonds is 3. The summed E-state index contributed by atoms with van der Waals surface area (Å²) in [6.07, 6.45) is 0. The molecule has 2 aromatic carbocycles. The van der Waals surface area contributed by atoms with E-state index < -0.39 is 0 Å². The van der Waals surface area contributed by atoms with E-state index in [4.69, 9.17) is 10.5 Å². The molecular formula is C15H17ClFNO. The molecule has 4 heteroatoms. The molecule has 0 fully saturated rings. The van der Waals surface area contributed by atoms with Gasteiger partial charge in [0.25, 0.3) is 0 Å². The van der Waals surface area contributed by atoms with E-state index in [9.17, 15) is 4.39 Å². The first-order valence-electron chi connectivity index (χ1n) is 5.81. The lowest BCUT2D eigenvalue weighted by molar-refractivity contribution is 0.411. The Balaban J connectivity index is 0.00000180. The third-order valence-corrected chi connectivity index (χ3v) is 2.92. The van der Waals surface area contributed by atoms with Gasteiger partial charge in [0.1, 0.15) is 11.6 Å². The molecule has 0 saturated heterocycles. The van der Waals surface area contributed by atoms with E-state index in [1.54, 1.807) is 12.1 Å². The van der Waals surface area contributed by atoms with Gasteiger partial charge in [-0.1, -0.05) is 24.3 Å². The Morgan fingerprint density at radius 1 is 1.11 bits per heavy atom. The van der Waals surface area contributed by atoms with Crippen LogP contribution in [0.1, 0.15) is 18.5 Å². The Labute approximate surface area is 118 Å². The van der Waals surface area contributed by atoms with Crippen molar-refractivity contribution < 1.29 is 9.13 Å². The highest BCUT2D eigenvalue weighted by Gasteiger charge is 2.07. The van der Waals surface area contributed by atoms with Gasteiger partial charge >= 0.3 is 0 Å². The van der Waals surface area contributed by atoms with Crippen molar-refractivity contribution in [3.63, 3.8) is 0 Å². The fourth-order valence-corrected chi connectivity index (χ4v) is 1.82. The number of nitrogens with two attached hydrogens (primary N) is 1. The lowest BCUT2D eigenvalue weighted by Gasteiger charge is -2.09. The number of methoxy groups -OCH3 is 1. The summed E-state index contributed by atoms with van der Waals surface area (Å²) in [5.74, 6) is 0.228. The molecule has 0 heterocycles. The molecular weight excluding hydrogens is 265 g/mol. The van der Waals surface area contributed by atoms with Crippen LogP contribution in [-0.2, 0) is 0 Å². The summed E-state index contributed by atoms with van der Waals surface area (Å²) in [7, 11) is 1.52. The van der Waals surface area contributed by atoms with Gasteiger partial charge in [0, 0.05) is 17.7 Å². The minimum Gasteiger partial charge on any atom is -0.497 e. The Kier molecular flexibility index (Phi) is 5.33. The lowest BCUT2D eigenvalue weighted by atomic mass is 10.0. The van der Waals surface area contributed by atoms with E-state index in [-0.39, 0.29) is 24.3 Å². The summed E-state index contributed by atoms with van der Waals surface area (Å²) < 4.78 is 18.9. The monoisotopic (exact) mass is 281 g/mol. The molecule has 0 spiro atoms. The minimum absolute atomic E-state index is 0. The highest BCUT2D eigenvalue weighted by Crippen LogP contribution is 2.27. The van der Waals surface area contributed by atoms with Crippen molar-refractivity contribution in [3.05, 3.63) is 53.8 Å². The van der Waals surface area contributed by atoms with Gasteiger partial charge in [0.15, 0.2) is 0 Å². The second-order valence-corrected chi connectivity index (χ2v) is 4.26. The zero-order chi connectivity index (χ0) is 13.1. The van der Waals surface area contributed by atoms with Crippen LogP contribution in [0.4, 0.5) is 4.39 Å². The molecule has 2 aromatic rings. The molecule has 102 valence electrons. The topological polar surface area (TPSA) is 35.2 Å². The van der Waals surface area contributed by atoms with Crippen molar-refractivity contribution in [3.8, 4) is 16.9 Å². The molecule has 0 bridgehead atoms. The van der Waals surface area contributed by atoms with Crippen LogP contribution in [0.25, 0.3) is 11.1 Å². The predicted octanol–water partition coefficient (Wildman–Crippen LogP) is 3.94. The third-order valence-electron chi connectivity index (χ3n) is 2.92. The first-order valence-corrected chi connectivity index (χ1v) is 5.81. The Morgan fingerprint density at radius 3 is 2.21 bits per heavy atom. The second-order valence-electron chi connectivity index (χ2n) is 4.26. The summed E-state index contributed by atoms with van der Waals surface area (Å²) in [5, 5.41) is 0. The summed E-state index contributed by atoms with van der Waals surface area (Å²) in [4.78, 5) is 0. The number of halogens is 2. The third kappa shape index (κ3) is 3.46. The quantitative estimate of drug-likeness (QED) is 0.925. The maximum Gasteiger partial charge on any atom is 0.134 e. The van der Waals surface area contributed by atoms with Crippen LogP contribution >= 0.6 is 12.4 Å². The first-order chi connectivity index (χ1) is 8.61. The smallest absolute Gasteiger partial charge is 0.134 e. The number of hydrogen-bond acceptors (Lipinski definition) is 2. The van der Waals surface area contributed by atoms with Gasteiger partial charge in [-0.05, 0) is 30.2 Å². The molecule has 0 radical (unpaired) electrons. The summed E-state index contributed by atoms with van der Waals surface area (Å²) in [5.41, 5.74) is 8.21. The van der Waals surface area contributed by atoms with Gasteiger partial charge in [-0.3, -0.25) is 0 Å². The van der Waals surface area contributed by atoms with E-state index in [1.165, 1.54) is 13.2 Å². The number of ether oxygens (including phenoxy) is 1. The van der Waals surface area contributed by atoms with Gasteiger partial charge in [-0.15, -0.1) is 12.4 Å². The molecule has 2 N–H and O–H groups in total. The van der Waals surface area contributed by atoms with Gasteiger partial charge in [0.05, 0.1) is 7.11 Å². The van der Waals surface area contributed by atoms with Gasteiger partial charge in [0.2, 0.25) is 0 Å². The Morgan fingerprint density at radius 2 is 1.74 bits per heavy atom. The molecule has 1 atom stereocenters. The van der Waals surface area contributed by atoms with Gasteiger partial charge in [-0.2, -0.15) is 0 Å². The molecule has 2 nitrogen and oxygen atoms in total. The molecule has 0 saturated carbocycles. The summed E-state index contributed by atoms with van der Waals surface area (Å²) in [6.45, 7) is 1.92. The highest BCUT2D eigenvalue weighted by atomic mass is 35.5. The molecule has 0 aliphatic heterocycles. The average Bonchev–Trinajstić information content (AvgIpc) is 2.38. The minimum atomic E-state index is -0.289. The number of benzene rings is 2. The van der Waals surface area contributed by atoms with Crippen LogP contribution in [-0.4, -0.2) is 7.11 Å². The normalized spacial score (nSPS) is 11.6. The SMILES string of the molecule is COc1ccc(-c2ccc(C(C)N)cc2)c(F)c1.Cl. The highest BCUT2D eigenvalue weighted by molar-refractivity contribution is 5.85. The Hall–Kier alpha value is -1.58. The van der Waals surface area contributed by atoms with Crippen molar-refractivity contribution >= 4 is 12.4 Å². The molecule has 0 aromatic heterocycles. The van der Waals surface area contributed by atoms with Gasteiger partial charge in [-0.25, -0.2) is 4.39 Å².